The minimum absolute atomic E-state index is 0.0995. The van der Waals surface area contributed by atoms with Crippen LogP contribution >= 0.6 is 0 Å². The van der Waals surface area contributed by atoms with E-state index >= 15 is 0 Å². The summed E-state index contributed by atoms with van der Waals surface area (Å²) in [5.41, 5.74) is 1.71. The van der Waals surface area contributed by atoms with E-state index in [0.29, 0.717) is 29.3 Å². The van der Waals surface area contributed by atoms with Crippen molar-refractivity contribution in [1.82, 2.24) is 5.32 Å². The molecular formula is C22H27N3O5S. The fourth-order valence-electron chi connectivity index (χ4n) is 3.65. The van der Waals surface area contributed by atoms with E-state index in [-0.39, 0.29) is 24.8 Å². The number of hydrogen-bond acceptors (Lipinski definition) is 5. The number of carbonyl (C=O) groups is 2. The minimum atomic E-state index is -3.46. The molecular weight excluding hydrogens is 418 g/mol. The highest BCUT2D eigenvalue weighted by molar-refractivity contribution is 7.92. The first-order valence-electron chi connectivity index (χ1n) is 10.1. The molecule has 1 saturated heterocycles. The Bertz CT molecular complexity index is 1070. The summed E-state index contributed by atoms with van der Waals surface area (Å²) < 4.78 is 31.4. The lowest BCUT2D eigenvalue weighted by molar-refractivity contribution is -0.126. The van der Waals surface area contributed by atoms with E-state index in [0.717, 1.165) is 6.26 Å². The summed E-state index contributed by atoms with van der Waals surface area (Å²) in [5.74, 6) is -0.307. The third-order valence-electron chi connectivity index (χ3n) is 5.03. The monoisotopic (exact) mass is 445 g/mol. The lowest BCUT2D eigenvalue weighted by atomic mass is 10.0. The fraction of sp³-hybridized carbons (Fsp3) is 0.364. The second-order valence-electron chi connectivity index (χ2n) is 7.50. The van der Waals surface area contributed by atoms with Gasteiger partial charge in [0, 0.05) is 13.0 Å². The van der Waals surface area contributed by atoms with E-state index in [2.05, 4.69) is 10.0 Å². The van der Waals surface area contributed by atoms with Gasteiger partial charge < -0.3 is 15.0 Å². The molecule has 9 heteroatoms. The van der Waals surface area contributed by atoms with E-state index in [1.54, 1.807) is 48.2 Å². The number of carbonyl (C=O) groups excluding carboxylic acids is 2. The highest BCUT2D eigenvalue weighted by atomic mass is 32.2. The van der Waals surface area contributed by atoms with E-state index in [9.17, 15) is 18.0 Å². The number of hydrogen-bond donors (Lipinski definition) is 2. The lowest BCUT2D eigenvalue weighted by Crippen LogP contribution is -2.35. The van der Waals surface area contributed by atoms with Crippen LogP contribution in [0.15, 0.2) is 48.5 Å². The second kappa shape index (κ2) is 9.38. The quantitative estimate of drug-likeness (QED) is 0.650. The average molecular weight is 446 g/mol. The molecule has 2 atom stereocenters. The first-order valence-corrected chi connectivity index (χ1v) is 12.0. The van der Waals surface area contributed by atoms with Crippen molar-refractivity contribution >= 4 is 33.2 Å². The van der Waals surface area contributed by atoms with Gasteiger partial charge in [-0.25, -0.2) is 8.42 Å². The number of para-hydroxylation sites is 3. The fourth-order valence-corrected chi connectivity index (χ4v) is 4.24. The van der Waals surface area contributed by atoms with Crippen LogP contribution in [0.25, 0.3) is 0 Å². The van der Waals surface area contributed by atoms with Crippen molar-refractivity contribution in [3.8, 4) is 5.75 Å². The molecule has 2 unspecified atom stereocenters. The van der Waals surface area contributed by atoms with E-state index in [1.165, 1.54) is 0 Å². The number of nitrogens with zero attached hydrogens (tertiary/aromatic N) is 1. The first kappa shape index (κ1) is 22.6. The van der Waals surface area contributed by atoms with Gasteiger partial charge in [-0.05, 0) is 37.6 Å². The Hall–Kier alpha value is -3.07. The summed E-state index contributed by atoms with van der Waals surface area (Å²) in [5, 5.41) is 2.91. The van der Waals surface area contributed by atoms with E-state index < -0.39 is 22.0 Å². The van der Waals surface area contributed by atoms with Crippen molar-refractivity contribution in [3.05, 3.63) is 54.1 Å². The van der Waals surface area contributed by atoms with Gasteiger partial charge in [-0.15, -0.1) is 0 Å². The zero-order valence-electron chi connectivity index (χ0n) is 17.8. The first-order chi connectivity index (χ1) is 14.7. The summed E-state index contributed by atoms with van der Waals surface area (Å²) in [7, 11) is -3.46. The van der Waals surface area contributed by atoms with Gasteiger partial charge in [-0.1, -0.05) is 30.3 Å². The highest BCUT2D eigenvalue weighted by Gasteiger charge is 2.36. The Balaban J connectivity index is 1.72. The van der Waals surface area contributed by atoms with Crippen molar-refractivity contribution < 1.29 is 22.7 Å². The number of ether oxygens (including phenoxy) is 1. The maximum atomic E-state index is 12.9. The van der Waals surface area contributed by atoms with Crippen LogP contribution in [0.4, 0.5) is 11.4 Å². The summed E-state index contributed by atoms with van der Waals surface area (Å²) in [6.45, 7) is 4.38. The maximum Gasteiger partial charge on any atom is 0.229 e. The topological polar surface area (TPSA) is 105 Å². The predicted octanol–water partition coefficient (Wildman–Crippen LogP) is 2.69. The molecule has 0 aliphatic carbocycles. The van der Waals surface area contributed by atoms with Crippen molar-refractivity contribution in [2.24, 2.45) is 5.92 Å². The predicted molar refractivity (Wildman–Crippen MR) is 120 cm³/mol. The Morgan fingerprint density at radius 1 is 1.19 bits per heavy atom. The molecule has 1 fully saturated rings. The molecule has 1 aliphatic rings. The number of rotatable bonds is 8. The van der Waals surface area contributed by atoms with Gasteiger partial charge in [-0.2, -0.15) is 0 Å². The zero-order chi connectivity index (χ0) is 22.6. The van der Waals surface area contributed by atoms with Crippen LogP contribution in [0.5, 0.6) is 5.75 Å². The Labute approximate surface area is 182 Å². The van der Waals surface area contributed by atoms with Crippen LogP contribution in [0.1, 0.15) is 31.9 Å². The van der Waals surface area contributed by atoms with Crippen LogP contribution in [-0.2, 0) is 19.6 Å². The summed E-state index contributed by atoms with van der Waals surface area (Å²) >= 11 is 0. The molecule has 3 rings (SSSR count). The highest BCUT2D eigenvalue weighted by Crippen LogP contribution is 2.33. The van der Waals surface area contributed by atoms with Gasteiger partial charge in [0.25, 0.3) is 0 Å². The van der Waals surface area contributed by atoms with Crippen molar-refractivity contribution in [2.75, 3.05) is 29.0 Å². The Morgan fingerprint density at radius 3 is 2.58 bits per heavy atom. The number of nitrogens with one attached hydrogen (secondary N) is 2. The van der Waals surface area contributed by atoms with E-state index in [1.807, 2.05) is 19.1 Å². The van der Waals surface area contributed by atoms with Crippen LogP contribution < -0.4 is 19.7 Å². The molecule has 0 aromatic heterocycles. The summed E-state index contributed by atoms with van der Waals surface area (Å²) in [6, 6.07) is 13.7. The summed E-state index contributed by atoms with van der Waals surface area (Å²) in [6.07, 6.45) is 1.17. The van der Waals surface area contributed by atoms with Crippen LogP contribution in [-0.4, -0.2) is 39.6 Å². The van der Waals surface area contributed by atoms with Crippen LogP contribution in [0.2, 0.25) is 0 Å². The Morgan fingerprint density at radius 2 is 1.87 bits per heavy atom. The van der Waals surface area contributed by atoms with Gasteiger partial charge in [0.2, 0.25) is 21.8 Å². The largest absolute Gasteiger partial charge is 0.492 e. The van der Waals surface area contributed by atoms with Crippen molar-refractivity contribution in [1.29, 1.82) is 0 Å². The molecule has 1 aliphatic heterocycles. The molecule has 0 saturated carbocycles. The number of amides is 2. The third kappa shape index (κ3) is 5.55. The minimum Gasteiger partial charge on any atom is -0.492 e. The van der Waals surface area contributed by atoms with Crippen LogP contribution in [0, 0.1) is 5.92 Å². The molecule has 2 aromatic carbocycles. The van der Waals surface area contributed by atoms with Gasteiger partial charge in [-0.3, -0.25) is 14.3 Å². The molecule has 0 spiro atoms. The molecule has 2 aromatic rings. The van der Waals surface area contributed by atoms with Gasteiger partial charge in [0.05, 0.1) is 36.2 Å². The van der Waals surface area contributed by atoms with Crippen LogP contribution in [0.3, 0.4) is 0 Å². The molecule has 8 nitrogen and oxygen atoms in total. The SMILES string of the molecule is CCOc1ccccc1N1CC(C(=O)NC(C)c2ccccc2NS(C)(=O)=O)CC1=O. The normalized spacial score (nSPS) is 17.3. The number of anilines is 2. The third-order valence-corrected chi connectivity index (χ3v) is 5.62. The molecule has 2 N–H and O–H groups in total. The van der Waals surface area contributed by atoms with Gasteiger partial charge >= 0.3 is 0 Å². The average Bonchev–Trinajstić information content (AvgIpc) is 3.09. The molecule has 31 heavy (non-hydrogen) atoms. The standard InChI is InChI=1S/C22H27N3O5S/c1-4-30-20-12-8-7-11-19(20)25-14-16(13-21(25)26)22(27)23-15(2)17-9-5-6-10-18(17)24-31(3,28)29/h5-12,15-16,24H,4,13-14H2,1-3H3,(H,23,27). The van der Waals surface area contributed by atoms with Crippen molar-refractivity contribution in [3.63, 3.8) is 0 Å². The second-order valence-corrected chi connectivity index (χ2v) is 9.25. The lowest BCUT2D eigenvalue weighted by Gasteiger charge is -2.21. The van der Waals surface area contributed by atoms with Gasteiger partial charge in [0.15, 0.2) is 0 Å². The summed E-state index contributed by atoms with van der Waals surface area (Å²) in [4.78, 5) is 27.1. The van der Waals surface area contributed by atoms with E-state index in [4.69, 9.17) is 4.74 Å². The number of benzene rings is 2. The molecule has 166 valence electrons. The zero-order valence-corrected chi connectivity index (χ0v) is 18.6. The van der Waals surface area contributed by atoms with Gasteiger partial charge in [0.1, 0.15) is 5.75 Å². The Kier molecular flexibility index (Phi) is 6.84. The molecule has 1 heterocycles. The number of sulfonamides is 1. The molecule has 0 radical (unpaired) electrons. The molecule has 2 amide bonds. The molecule has 0 bridgehead atoms. The van der Waals surface area contributed by atoms with Crippen molar-refractivity contribution in [2.45, 2.75) is 26.3 Å². The smallest absolute Gasteiger partial charge is 0.229 e. The maximum absolute atomic E-state index is 12.9.